The highest BCUT2D eigenvalue weighted by atomic mass is 16.5. The van der Waals surface area contributed by atoms with Crippen LogP contribution in [0.25, 0.3) is 0 Å². The average molecular weight is 398 g/mol. The minimum absolute atomic E-state index is 0.0693. The number of rotatable bonds is 8. The lowest BCUT2D eigenvalue weighted by atomic mass is 9.78. The van der Waals surface area contributed by atoms with Crippen molar-refractivity contribution in [2.24, 2.45) is 5.92 Å². The number of ketones is 2. The first kappa shape index (κ1) is 21.6. The van der Waals surface area contributed by atoms with Gasteiger partial charge in [0.2, 0.25) is 11.6 Å². The first-order valence-electron chi connectivity index (χ1n) is 11.2. The van der Waals surface area contributed by atoms with E-state index >= 15 is 0 Å². The van der Waals surface area contributed by atoms with Gasteiger partial charge in [-0.2, -0.15) is 0 Å². The highest BCUT2D eigenvalue weighted by Crippen LogP contribution is 2.42. The Labute approximate surface area is 175 Å². The number of Topliss-reactive ketones (excluding diaryl/α,β-unsaturated/α-hetero) is 2. The number of hydrogen-bond acceptors (Lipinski definition) is 4. The maximum atomic E-state index is 13.6. The molecule has 29 heavy (non-hydrogen) atoms. The summed E-state index contributed by atoms with van der Waals surface area (Å²) < 4.78 is 6.07. The third kappa shape index (κ3) is 4.41. The van der Waals surface area contributed by atoms with Crippen molar-refractivity contribution in [1.29, 1.82) is 0 Å². The Morgan fingerprint density at radius 2 is 1.93 bits per heavy atom. The number of carbonyl (C=O) groups excluding carboxylic acids is 2. The molecule has 1 N–H and O–H groups in total. The number of fused-ring (bicyclic) bond motifs is 1. The fourth-order valence-electron chi connectivity index (χ4n) is 4.33. The zero-order chi connectivity index (χ0) is 21.1. The summed E-state index contributed by atoms with van der Waals surface area (Å²) in [6, 6.07) is 0. The highest BCUT2D eigenvalue weighted by molar-refractivity contribution is 6.26. The van der Waals surface area contributed by atoms with Gasteiger partial charge in [0.1, 0.15) is 6.10 Å². The predicted molar refractivity (Wildman–Crippen MR) is 116 cm³/mol. The molecule has 1 unspecified atom stereocenters. The van der Waals surface area contributed by atoms with Crippen molar-refractivity contribution in [1.82, 2.24) is 5.32 Å². The fraction of sp³-hybridized carbons (Fsp3) is 0.600. The standard InChI is InChI=1S/C25H35NO3/c1-6-7-8-9-19-22(26-13-12-15(2)3)24(28)21-20-14-16(4)10-11-18(20)17(5)29-25(21)23(19)27/h14-15,17,26H,6-13H2,1-5H3. The molecule has 3 rings (SSSR count). The topological polar surface area (TPSA) is 55.4 Å². The third-order valence-electron chi connectivity index (χ3n) is 6.10. The van der Waals surface area contributed by atoms with Gasteiger partial charge in [0.05, 0.1) is 11.3 Å². The van der Waals surface area contributed by atoms with Gasteiger partial charge >= 0.3 is 0 Å². The Balaban J connectivity index is 2.00. The van der Waals surface area contributed by atoms with Crippen LogP contribution in [-0.2, 0) is 14.3 Å². The van der Waals surface area contributed by atoms with Crippen LogP contribution in [0.5, 0.6) is 0 Å². The summed E-state index contributed by atoms with van der Waals surface area (Å²) in [4.78, 5) is 27.1. The van der Waals surface area contributed by atoms with Crippen molar-refractivity contribution < 1.29 is 14.3 Å². The van der Waals surface area contributed by atoms with Crippen molar-refractivity contribution >= 4 is 11.6 Å². The molecule has 0 fully saturated rings. The quantitative estimate of drug-likeness (QED) is 0.445. The molecule has 0 bridgehead atoms. The van der Waals surface area contributed by atoms with Crippen molar-refractivity contribution in [3.05, 3.63) is 45.4 Å². The first-order valence-corrected chi connectivity index (χ1v) is 11.2. The molecule has 4 nitrogen and oxygen atoms in total. The van der Waals surface area contributed by atoms with Crippen molar-refractivity contribution in [3.63, 3.8) is 0 Å². The number of carbonyl (C=O) groups is 2. The summed E-state index contributed by atoms with van der Waals surface area (Å²) in [6.07, 6.45) is 8.42. The monoisotopic (exact) mass is 397 g/mol. The second-order valence-corrected chi connectivity index (χ2v) is 8.97. The lowest BCUT2D eigenvalue weighted by Crippen LogP contribution is -2.37. The van der Waals surface area contributed by atoms with E-state index in [1.54, 1.807) is 0 Å². The van der Waals surface area contributed by atoms with Crippen LogP contribution < -0.4 is 5.32 Å². The smallest absolute Gasteiger partial charge is 0.226 e. The lowest BCUT2D eigenvalue weighted by molar-refractivity contribution is -0.120. The SMILES string of the molecule is CCCCCC1=C(NCCC(C)C)C(=O)C2=C(OC(C)C3=C2C=C(C)CC3)C1=O. The van der Waals surface area contributed by atoms with Gasteiger partial charge in [-0.05, 0) is 63.0 Å². The maximum absolute atomic E-state index is 13.6. The minimum atomic E-state index is -0.155. The Morgan fingerprint density at radius 1 is 1.17 bits per heavy atom. The van der Waals surface area contributed by atoms with Crippen LogP contribution in [-0.4, -0.2) is 24.2 Å². The Bertz CT molecular complexity index is 823. The Hall–Kier alpha value is -2.10. The van der Waals surface area contributed by atoms with E-state index in [2.05, 4.69) is 39.1 Å². The van der Waals surface area contributed by atoms with E-state index in [0.29, 0.717) is 35.7 Å². The van der Waals surface area contributed by atoms with Crippen LogP contribution in [0.2, 0.25) is 0 Å². The van der Waals surface area contributed by atoms with Gasteiger partial charge in [-0.3, -0.25) is 9.59 Å². The van der Waals surface area contributed by atoms with Crippen LogP contribution in [0, 0.1) is 5.92 Å². The Morgan fingerprint density at radius 3 is 2.62 bits per heavy atom. The second-order valence-electron chi connectivity index (χ2n) is 8.97. The van der Waals surface area contributed by atoms with E-state index in [1.165, 1.54) is 5.57 Å². The molecule has 2 aliphatic carbocycles. The zero-order valence-electron chi connectivity index (χ0n) is 18.6. The molecular weight excluding hydrogens is 362 g/mol. The summed E-state index contributed by atoms with van der Waals surface area (Å²) in [5.74, 6) is 0.638. The molecule has 3 aliphatic rings. The molecule has 0 amide bonds. The number of unbranched alkanes of at least 4 members (excludes halogenated alkanes) is 2. The van der Waals surface area contributed by atoms with Crippen LogP contribution in [0.1, 0.15) is 79.6 Å². The van der Waals surface area contributed by atoms with E-state index in [9.17, 15) is 9.59 Å². The van der Waals surface area contributed by atoms with Crippen LogP contribution in [0.15, 0.2) is 45.4 Å². The van der Waals surface area contributed by atoms with Crippen molar-refractivity contribution in [2.45, 2.75) is 85.7 Å². The molecule has 1 heterocycles. The molecular formula is C25H35NO3. The molecule has 0 aromatic rings. The molecule has 0 aromatic heterocycles. The van der Waals surface area contributed by atoms with Gasteiger partial charge in [0, 0.05) is 12.1 Å². The molecule has 0 spiro atoms. The molecule has 0 aromatic carbocycles. The van der Waals surface area contributed by atoms with Crippen molar-refractivity contribution in [2.75, 3.05) is 6.54 Å². The van der Waals surface area contributed by atoms with E-state index in [0.717, 1.165) is 49.7 Å². The maximum Gasteiger partial charge on any atom is 0.226 e. The highest BCUT2D eigenvalue weighted by Gasteiger charge is 2.41. The fourth-order valence-corrected chi connectivity index (χ4v) is 4.33. The van der Waals surface area contributed by atoms with Crippen LogP contribution in [0.3, 0.4) is 0 Å². The van der Waals surface area contributed by atoms with E-state index in [4.69, 9.17) is 4.74 Å². The number of hydrogen-bond donors (Lipinski definition) is 1. The zero-order valence-corrected chi connectivity index (χ0v) is 18.6. The third-order valence-corrected chi connectivity index (χ3v) is 6.10. The number of ether oxygens (including phenoxy) is 1. The predicted octanol–water partition coefficient (Wildman–Crippen LogP) is 5.32. The molecule has 0 radical (unpaired) electrons. The first-order chi connectivity index (χ1) is 13.8. The average Bonchev–Trinajstić information content (AvgIpc) is 2.67. The summed E-state index contributed by atoms with van der Waals surface area (Å²) in [7, 11) is 0. The molecule has 4 heteroatoms. The lowest BCUT2D eigenvalue weighted by Gasteiger charge is -2.35. The molecule has 1 atom stereocenters. The second kappa shape index (κ2) is 9.15. The molecule has 1 aliphatic heterocycles. The van der Waals surface area contributed by atoms with E-state index in [1.807, 2.05) is 6.92 Å². The summed E-state index contributed by atoms with van der Waals surface area (Å²) in [5, 5.41) is 3.34. The Kier molecular flexibility index (Phi) is 6.81. The van der Waals surface area contributed by atoms with E-state index in [-0.39, 0.29) is 23.4 Å². The van der Waals surface area contributed by atoms with Gasteiger partial charge in [0.25, 0.3) is 0 Å². The molecule has 0 saturated carbocycles. The van der Waals surface area contributed by atoms with Gasteiger partial charge in [-0.1, -0.05) is 45.3 Å². The normalized spacial score (nSPS) is 22.0. The number of allylic oxidation sites excluding steroid dienone is 5. The largest absolute Gasteiger partial charge is 0.481 e. The molecule has 0 saturated heterocycles. The summed E-state index contributed by atoms with van der Waals surface area (Å²) >= 11 is 0. The van der Waals surface area contributed by atoms with Crippen LogP contribution >= 0.6 is 0 Å². The van der Waals surface area contributed by atoms with Gasteiger partial charge in [0.15, 0.2) is 5.76 Å². The van der Waals surface area contributed by atoms with Crippen molar-refractivity contribution in [3.8, 4) is 0 Å². The van der Waals surface area contributed by atoms with Gasteiger partial charge in [-0.15, -0.1) is 0 Å². The van der Waals surface area contributed by atoms with Crippen LogP contribution in [0.4, 0.5) is 0 Å². The van der Waals surface area contributed by atoms with E-state index < -0.39 is 0 Å². The molecule has 158 valence electrons. The summed E-state index contributed by atoms with van der Waals surface area (Å²) in [6.45, 7) is 11.2. The van der Waals surface area contributed by atoms with Gasteiger partial charge < -0.3 is 10.1 Å². The summed E-state index contributed by atoms with van der Waals surface area (Å²) in [5.41, 5.74) is 4.92. The minimum Gasteiger partial charge on any atom is -0.481 e. The number of nitrogens with one attached hydrogen (secondary N) is 1. The van der Waals surface area contributed by atoms with Gasteiger partial charge in [-0.25, -0.2) is 0 Å².